The molecule has 0 bridgehead atoms. The van der Waals surface area contributed by atoms with E-state index >= 15 is 0 Å². The van der Waals surface area contributed by atoms with Crippen molar-refractivity contribution in [3.8, 4) is 0 Å². The molecule has 0 saturated carbocycles. The molecule has 1 aromatic rings. The van der Waals surface area contributed by atoms with Crippen LogP contribution in [0.1, 0.15) is 11.7 Å². The van der Waals surface area contributed by atoms with Gasteiger partial charge in [-0.05, 0) is 5.56 Å². The van der Waals surface area contributed by atoms with Crippen molar-refractivity contribution in [2.45, 2.75) is 6.17 Å². The summed E-state index contributed by atoms with van der Waals surface area (Å²) in [6.07, 6.45) is -0.413. The first-order valence-electron chi connectivity index (χ1n) is 4.82. The molecule has 0 aliphatic carbocycles. The molecule has 1 aliphatic rings. The number of rotatable bonds is 2. The molecule has 1 aliphatic heterocycles. The van der Waals surface area contributed by atoms with Gasteiger partial charge < -0.3 is 16.6 Å². The fourth-order valence-corrected chi connectivity index (χ4v) is 1.56. The zero-order chi connectivity index (χ0) is 11.5. The second-order valence-corrected chi connectivity index (χ2v) is 3.35. The van der Waals surface area contributed by atoms with Crippen LogP contribution in [-0.2, 0) is 0 Å². The van der Waals surface area contributed by atoms with E-state index in [0.29, 0.717) is 0 Å². The van der Waals surface area contributed by atoms with Crippen molar-refractivity contribution in [2.75, 3.05) is 6.73 Å². The number of aliphatic imine (C=N–C) groups is 2. The predicted molar refractivity (Wildman–Crippen MR) is 61.4 cm³/mol. The van der Waals surface area contributed by atoms with E-state index < -0.39 is 6.17 Å². The minimum absolute atomic E-state index is 0.121. The van der Waals surface area contributed by atoms with Gasteiger partial charge in [-0.3, -0.25) is 4.90 Å². The molecule has 1 unspecified atom stereocenters. The van der Waals surface area contributed by atoms with Gasteiger partial charge in [0.05, 0.1) is 0 Å². The van der Waals surface area contributed by atoms with Crippen LogP contribution in [0.5, 0.6) is 0 Å². The molecule has 0 fully saturated rings. The van der Waals surface area contributed by atoms with Gasteiger partial charge in [-0.1, -0.05) is 30.3 Å². The molecule has 1 heterocycles. The van der Waals surface area contributed by atoms with Gasteiger partial charge in [-0.25, -0.2) is 4.99 Å². The lowest BCUT2D eigenvalue weighted by molar-refractivity contribution is 0.133. The fourth-order valence-electron chi connectivity index (χ4n) is 1.56. The summed E-state index contributed by atoms with van der Waals surface area (Å²) in [5, 5.41) is 9.23. The molecule has 6 heteroatoms. The zero-order valence-corrected chi connectivity index (χ0v) is 8.61. The summed E-state index contributed by atoms with van der Waals surface area (Å²) in [5.41, 5.74) is 12.1. The van der Waals surface area contributed by atoms with Crippen molar-refractivity contribution in [3.05, 3.63) is 35.9 Å². The molecule has 0 radical (unpaired) electrons. The van der Waals surface area contributed by atoms with E-state index in [1.165, 1.54) is 4.90 Å². The second-order valence-electron chi connectivity index (χ2n) is 3.35. The van der Waals surface area contributed by atoms with E-state index in [0.717, 1.165) is 5.56 Å². The number of guanidine groups is 2. The number of nitrogens with two attached hydrogens (primary N) is 2. The van der Waals surface area contributed by atoms with Crippen LogP contribution in [0.4, 0.5) is 0 Å². The Labute approximate surface area is 92.9 Å². The average molecular weight is 219 g/mol. The number of benzene rings is 1. The van der Waals surface area contributed by atoms with Crippen molar-refractivity contribution in [2.24, 2.45) is 21.5 Å². The van der Waals surface area contributed by atoms with Crippen molar-refractivity contribution >= 4 is 11.9 Å². The van der Waals surface area contributed by atoms with E-state index in [1.54, 1.807) is 0 Å². The highest BCUT2D eigenvalue weighted by atomic mass is 16.3. The largest absolute Gasteiger partial charge is 0.376 e. The normalized spacial score (nSPS) is 20.3. The minimum atomic E-state index is -0.413. The van der Waals surface area contributed by atoms with Crippen LogP contribution in [0.25, 0.3) is 0 Å². The van der Waals surface area contributed by atoms with Crippen LogP contribution >= 0.6 is 0 Å². The van der Waals surface area contributed by atoms with Gasteiger partial charge >= 0.3 is 0 Å². The second kappa shape index (κ2) is 4.19. The van der Waals surface area contributed by atoms with Crippen molar-refractivity contribution in [1.82, 2.24) is 4.90 Å². The molecular weight excluding hydrogens is 206 g/mol. The Morgan fingerprint density at radius 3 is 2.56 bits per heavy atom. The van der Waals surface area contributed by atoms with E-state index in [4.69, 9.17) is 11.5 Å². The Kier molecular flexibility index (Phi) is 2.74. The lowest BCUT2D eigenvalue weighted by Gasteiger charge is -2.30. The summed E-state index contributed by atoms with van der Waals surface area (Å²) in [6.45, 7) is -0.258. The number of aliphatic hydroxyl groups excluding tert-OH is 1. The molecule has 1 atom stereocenters. The van der Waals surface area contributed by atoms with Crippen molar-refractivity contribution < 1.29 is 5.11 Å². The average Bonchev–Trinajstić information content (AvgIpc) is 2.29. The minimum Gasteiger partial charge on any atom is -0.376 e. The third-order valence-electron chi connectivity index (χ3n) is 2.32. The molecule has 2 rings (SSSR count). The fraction of sp³-hybridized carbons (Fsp3) is 0.200. The number of nitrogens with zero attached hydrogens (tertiary/aromatic N) is 3. The third kappa shape index (κ3) is 1.82. The van der Waals surface area contributed by atoms with E-state index in [2.05, 4.69) is 9.98 Å². The number of aliphatic hydroxyl groups is 1. The Morgan fingerprint density at radius 1 is 1.25 bits per heavy atom. The monoisotopic (exact) mass is 219 g/mol. The Morgan fingerprint density at radius 2 is 1.94 bits per heavy atom. The van der Waals surface area contributed by atoms with Gasteiger partial charge in [0.25, 0.3) is 0 Å². The summed E-state index contributed by atoms with van der Waals surface area (Å²) in [4.78, 5) is 9.41. The van der Waals surface area contributed by atoms with Crippen LogP contribution in [0, 0.1) is 0 Å². The standard InChI is InChI=1S/C10H13N5O/c11-9-13-8(7-4-2-1-3-5-7)15(6-16)10(12)14-9/h1-5,8,16H,6H2,(H4,11,12,13,14). The molecule has 6 nitrogen and oxygen atoms in total. The van der Waals surface area contributed by atoms with E-state index in [1.807, 2.05) is 30.3 Å². The lowest BCUT2D eigenvalue weighted by atomic mass is 10.1. The molecule has 0 spiro atoms. The predicted octanol–water partition coefficient (Wildman–Crippen LogP) is -0.420. The molecule has 0 aromatic heterocycles. The van der Waals surface area contributed by atoms with Gasteiger partial charge in [0, 0.05) is 0 Å². The zero-order valence-electron chi connectivity index (χ0n) is 8.61. The maximum atomic E-state index is 9.23. The molecule has 0 saturated heterocycles. The number of hydrogen-bond acceptors (Lipinski definition) is 6. The first-order valence-corrected chi connectivity index (χ1v) is 4.82. The van der Waals surface area contributed by atoms with E-state index in [9.17, 15) is 5.11 Å². The topological polar surface area (TPSA) is 100 Å². The van der Waals surface area contributed by atoms with Gasteiger partial charge in [-0.15, -0.1) is 0 Å². The van der Waals surface area contributed by atoms with E-state index in [-0.39, 0.29) is 18.6 Å². The van der Waals surface area contributed by atoms with Gasteiger partial charge in [-0.2, -0.15) is 4.99 Å². The summed E-state index contributed by atoms with van der Waals surface area (Å²) in [5.74, 6) is 0.292. The molecule has 1 aromatic carbocycles. The highest BCUT2D eigenvalue weighted by molar-refractivity contribution is 5.95. The Balaban J connectivity index is 2.37. The summed E-state index contributed by atoms with van der Waals surface area (Å²) in [6, 6.07) is 9.46. The third-order valence-corrected chi connectivity index (χ3v) is 2.32. The Hall–Kier alpha value is -2.08. The summed E-state index contributed by atoms with van der Waals surface area (Å²) in [7, 11) is 0. The summed E-state index contributed by atoms with van der Waals surface area (Å²) >= 11 is 0. The highest BCUT2D eigenvalue weighted by Gasteiger charge is 2.24. The van der Waals surface area contributed by atoms with Crippen molar-refractivity contribution in [1.29, 1.82) is 0 Å². The first kappa shape index (κ1) is 10.4. The number of hydrogen-bond donors (Lipinski definition) is 3. The molecule has 16 heavy (non-hydrogen) atoms. The lowest BCUT2D eigenvalue weighted by Crippen LogP contribution is -2.44. The van der Waals surface area contributed by atoms with Gasteiger partial charge in [0.2, 0.25) is 11.9 Å². The van der Waals surface area contributed by atoms with Gasteiger partial charge in [0.1, 0.15) is 6.73 Å². The molecular formula is C10H13N5O. The van der Waals surface area contributed by atoms with Gasteiger partial charge in [0.15, 0.2) is 6.17 Å². The van der Waals surface area contributed by atoms with Crippen LogP contribution in [-0.4, -0.2) is 28.7 Å². The maximum Gasteiger partial charge on any atom is 0.220 e. The van der Waals surface area contributed by atoms with Crippen LogP contribution in [0.3, 0.4) is 0 Å². The maximum absolute atomic E-state index is 9.23. The Bertz CT molecular complexity index is 428. The van der Waals surface area contributed by atoms with Crippen LogP contribution < -0.4 is 11.5 Å². The SMILES string of the molecule is NC1=NC(c2ccccc2)N(CO)C(N)=N1. The van der Waals surface area contributed by atoms with Crippen LogP contribution in [0.2, 0.25) is 0 Å². The first-order chi connectivity index (χ1) is 7.72. The molecule has 5 N–H and O–H groups in total. The smallest absolute Gasteiger partial charge is 0.220 e. The highest BCUT2D eigenvalue weighted by Crippen LogP contribution is 2.23. The quantitative estimate of drug-likeness (QED) is 0.629. The molecule has 0 amide bonds. The van der Waals surface area contributed by atoms with Crippen molar-refractivity contribution in [3.63, 3.8) is 0 Å². The van der Waals surface area contributed by atoms with Crippen LogP contribution in [0.15, 0.2) is 40.3 Å². The molecule has 84 valence electrons. The summed E-state index contributed by atoms with van der Waals surface area (Å²) < 4.78 is 0.